The molecular formula is C22H26ClN3O3. The second-order valence-corrected chi connectivity index (χ2v) is 7.61. The molecule has 29 heavy (non-hydrogen) atoms. The van der Waals surface area contributed by atoms with Gasteiger partial charge in [-0.2, -0.15) is 0 Å². The standard InChI is InChI=1S/C22H26ClN3O3/c1-15(21(27)25-18-10-11-20(29-2)19(23)13-18)26-12-6-7-16(14-26)22(28)24-17-8-4-3-5-9-17/h3-5,8-11,13,15-16H,6-7,12,14H2,1-2H3,(H,24,28)(H,25,27)/t15-,16-/m1/s1. The average molecular weight is 416 g/mol. The van der Waals surface area contributed by atoms with E-state index >= 15 is 0 Å². The number of likely N-dealkylation sites (tertiary alicyclic amines) is 1. The maximum atomic E-state index is 12.7. The van der Waals surface area contributed by atoms with Gasteiger partial charge in [-0.15, -0.1) is 0 Å². The molecule has 0 spiro atoms. The predicted octanol–water partition coefficient (Wildman–Crippen LogP) is 4.03. The Labute approximate surface area is 176 Å². The van der Waals surface area contributed by atoms with Crippen molar-refractivity contribution in [3.8, 4) is 5.75 Å². The van der Waals surface area contributed by atoms with Crippen LogP contribution in [0.5, 0.6) is 5.75 Å². The van der Waals surface area contributed by atoms with Gasteiger partial charge in [-0.1, -0.05) is 29.8 Å². The fourth-order valence-corrected chi connectivity index (χ4v) is 3.75. The van der Waals surface area contributed by atoms with Gasteiger partial charge < -0.3 is 15.4 Å². The lowest BCUT2D eigenvalue weighted by Crippen LogP contribution is -2.49. The van der Waals surface area contributed by atoms with Crippen LogP contribution in [0, 0.1) is 5.92 Å². The Balaban J connectivity index is 1.58. The highest BCUT2D eigenvalue weighted by Gasteiger charge is 2.31. The molecule has 0 bridgehead atoms. The average Bonchev–Trinajstić information content (AvgIpc) is 2.74. The molecular weight excluding hydrogens is 390 g/mol. The number of hydrogen-bond acceptors (Lipinski definition) is 4. The molecule has 154 valence electrons. The zero-order chi connectivity index (χ0) is 20.8. The van der Waals surface area contributed by atoms with Crippen LogP contribution in [0.1, 0.15) is 19.8 Å². The maximum absolute atomic E-state index is 12.7. The summed E-state index contributed by atoms with van der Waals surface area (Å²) >= 11 is 6.13. The summed E-state index contributed by atoms with van der Waals surface area (Å²) in [5.41, 5.74) is 1.40. The predicted molar refractivity (Wildman–Crippen MR) is 115 cm³/mol. The van der Waals surface area contributed by atoms with Gasteiger partial charge in [0.2, 0.25) is 11.8 Å². The summed E-state index contributed by atoms with van der Waals surface area (Å²) in [5.74, 6) is 0.279. The Kier molecular flexibility index (Phi) is 7.12. The van der Waals surface area contributed by atoms with E-state index in [9.17, 15) is 9.59 Å². The van der Waals surface area contributed by atoms with E-state index < -0.39 is 0 Å². The molecule has 6 nitrogen and oxygen atoms in total. The van der Waals surface area contributed by atoms with Crippen molar-refractivity contribution in [3.05, 3.63) is 53.6 Å². The largest absolute Gasteiger partial charge is 0.495 e. The van der Waals surface area contributed by atoms with E-state index in [0.29, 0.717) is 23.0 Å². The second kappa shape index (κ2) is 9.76. The Bertz CT molecular complexity index is 860. The summed E-state index contributed by atoms with van der Waals surface area (Å²) in [5, 5.41) is 6.30. The molecule has 1 saturated heterocycles. The van der Waals surface area contributed by atoms with E-state index in [1.54, 1.807) is 25.3 Å². The molecule has 3 rings (SSSR count). The number of nitrogens with one attached hydrogen (secondary N) is 2. The number of nitrogens with zero attached hydrogens (tertiary/aromatic N) is 1. The molecule has 2 amide bonds. The normalized spacial score (nSPS) is 18.0. The zero-order valence-corrected chi connectivity index (χ0v) is 17.4. The van der Waals surface area contributed by atoms with Crippen molar-refractivity contribution >= 4 is 34.8 Å². The van der Waals surface area contributed by atoms with Crippen LogP contribution in [-0.4, -0.2) is 43.0 Å². The summed E-state index contributed by atoms with van der Waals surface area (Å²) in [6.07, 6.45) is 1.69. The third kappa shape index (κ3) is 5.49. The molecule has 0 radical (unpaired) electrons. The third-order valence-electron chi connectivity index (χ3n) is 5.21. The summed E-state index contributed by atoms with van der Waals surface area (Å²) < 4.78 is 5.13. The number of benzene rings is 2. The third-order valence-corrected chi connectivity index (χ3v) is 5.51. The van der Waals surface area contributed by atoms with E-state index in [1.165, 1.54) is 0 Å². The number of ether oxygens (including phenoxy) is 1. The molecule has 1 fully saturated rings. The lowest BCUT2D eigenvalue weighted by Gasteiger charge is -2.35. The van der Waals surface area contributed by atoms with Crippen LogP contribution in [0.4, 0.5) is 11.4 Å². The van der Waals surface area contributed by atoms with Crippen LogP contribution in [-0.2, 0) is 9.59 Å². The topological polar surface area (TPSA) is 70.7 Å². The van der Waals surface area contributed by atoms with Crippen molar-refractivity contribution in [2.75, 3.05) is 30.8 Å². The number of carbonyl (C=O) groups excluding carboxylic acids is 2. The SMILES string of the molecule is COc1ccc(NC(=O)[C@@H](C)N2CCC[C@@H](C(=O)Nc3ccccc3)C2)cc1Cl. The number of halogens is 1. The summed E-state index contributed by atoms with van der Waals surface area (Å²) in [7, 11) is 1.54. The molecule has 2 atom stereocenters. The number of carbonyl (C=O) groups is 2. The monoisotopic (exact) mass is 415 g/mol. The first kappa shape index (κ1) is 21.1. The van der Waals surface area contributed by atoms with Crippen LogP contribution >= 0.6 is 11.6 Å². The van der Waals surface area contributed by atoms with Crippen LogP contribution in [0.15, 0.2) is 48.5 Å². The lowest BCUT2D eigenvalue weighted by molar-refractivity contribution is -0.125. The minimum Gasteiger partial charge on any atom is -0.495 e. The molecule has 0 aliphatic carbocycles. The molecule has 2 aromatic rings. The number of amides is 2. The van der Waals surface area contributed by atoms with E-state index in [0.717, 1.165) is 25.1 Å². The highest BCUT2D eigenvalue weighted by Crippen LogP contribution is 2.27. The van der Waals surface area contributed by atoms with Crippen LogP contribution in [0.3, 0.4) is 0 Å². The van der Waals surface area contributed by atoms with Gasteiger partial charge in [-0.3, -0.25) is 14.5 Å². The summed E-state index contributed by atoms with van der Waals surface area (Å²) in [4.78, 5) is 27.4. The van der Waals surface area contributed by atoms with Gasteiger partial charge in [0, 0.05) is 17.9 Å². The molecule has 0 saturated carbocycles. The first-order valence-electron chi connectivity index (χ1n) is 9.72. The van der Waals surface area contributed by atoms with Crippen LogP contribution < -0.4 is 15.4 Å². The Morgan fingerprint density at radius 1 is 1.14 bits per heavy atom. The van der Waals surface area contributed by atoms with Gasteiger partial charge in [-0.05, 0) is 56.6 Å². The van der Waals surface area contributed by atoms with Crippen molar-refractivity contribution in [2.24, 2.45) is 5.92 Å². The van der Waals surface area contributed by atoms with Crippen LogP contribution in [0.2, 0.25) is 5.02 Å². The van der Waals surface area contributed by atoms with Crippen molar-refractivity contribution < 1.29 is 14.3 Å². The molecule has 2 aromatic carbocycles. The van der Waals surface area contributed by atoms with Gasteiger partial charge in [0.15, 0.2) is 0 Å². The number of rotatable bonds is 6. The van der Waals surface area contributed by atoms with Crippen molar-refractivity contribution in [3.63, 3.8) is 0 Å². The molecule has 0 unspecified atom stereocenters. The molecule has 0 aromatic heterocycles. The van der Waals surface area contributed by atoms with E-state index in [-0.39, 0.29) is 23.8 Å². The molecule has 7 heteroatoms. The minimum atomic E-state index is -0.358. The fourth-order valence-electron chi connectivity index (χ4n) is 3.49. The van der Waals surface area contributed by atoms with E-state index in [1.807, 2.05) is 37.3 Å². The highest BCUT2D eigenvalue weighted by atomic mass is 35.5. The number of hydrogen-bond donors (Lipinski definition) is 2. The first-order chi connectivity index (χ1) is 14.0. The Hall–Kier alpha value is -2.57. The number of anilines is 2. The number of methoxy groups -OCH3 is 1. The molecule has 1 heterocycles. The minimum absolute atomic E-state index is 0.00422. The second-order valence-electron chi connectivity index (χ2n) is 7.20. The lowest BCUT2D eigenvalue weighted by atomic mass is 9.95. The van der Waals surface area contributed by atoms with Crippen molar-refractivity contribution in [2.45, 2.75) is 25.8 Å². The number of para-hydroxylation sites is 1. The van der Waals surface area contributed by atoms with Crippen LogP contribution in [0.25, 0.3) is 0 Å². The quantitative estimate of drug-likeness (QED) is 0.747. The smallest absolute Gasteiger partial charge is 0.241 e. The van der Waals surface area contributed by atoms with Gasteiger partial charge in [0.05, 0.1) is 24.1 Å². The molecule has 1 aliphatic heterocycles. The van der Waals surface area contributed by atoms with E-state index in [2.05, 4.69) is 15.5 Å². The first-order valence-corrected chi connectivity index (χ1v) is 10.1. The number of piperidine rings is 1. The van der Waals surface area contributed by atoms with Crippen molar-refractivity contribution in [1.29, 1.82) is 0 Å². The molecule has 2 N–H and O–H groups in total. The Morgan fingerprint density at radius 2 is 1.90 bits per heavy atom. The molecule has 1 aliphatic rings. The zero-order valence-electron chi connectivity index (χ0n) is 16.7. The summed E-state index contributed by atoms with van der Waals surface area (Å²) in [6, 6.07) is 14.2. The van der Waals surface area contributed by atoms with E-state index in [4.69, 9.17) is 16.3 Å². The summed E-state index contributed by atoms with van der Waals surface area (Å²) in [6.45, 7) is 3.20. The van der Waals surface area contributed by atoms with Gasteiger partial charge in [0.1, 0.15) is 5.75 Å². The Morgan fingerprint density at radius 3 is 2.59 bits per heavy atom. The maximum Gasteiger partial charge on any atom is 0.241 e. The van der Waals surface area contributed by atoms with Gasteiger partial charge in [-0.25, -0.2) is 0 Å². The van der Waals surface area contributed by atoms with Crippen molar-refractivity contribution in [1.82, 2.24) is 4.90 Å². The van der Waals surface area contributed by atoms with Gasteiger partial charge in [0.25, 0.3) is 0 Å². The highest BCUT2D eigenvalue weighted by molar-refractivity contribution is 6.32. The van der Waals surface area contributed by atoms with Gasteiger partial charge >= 0.3 is 0 Å². The fraction of sp³-hybridized carbons (Fsp3) is 0.364.